The van der Waals surface area contributed by atoms with Crippen molar-refractivity contribution in [3.8, 4) is 0 Å². The molecule has 0 radical (unpaired) electrons. The zero-order valence-corrected chi connectivity index (χ0v) is 90.1. The molecule has 0 aliphatic heterocycles. The predicted octanol–water partition coefficient (Wildman–Crippen LogP) is 23.6. The predicted molar refractivity (Wildman–Crippen MR) is 591 cm³/mol. The summed E-state index contributed by atoms with van der Waals surface area (Å²) in [5.41, 5.74) is 8.49. The Morgan fingerprint density at radius 2 is 0.369 bits per heavy atom. The SMILES string of the molecule is CCC(NC(=O)c1ccc(Cl)cc1)C1[C@H]2CC(C(C(=O)O)c3ccccc3)C[C@@H]12.CC[C@@H](NC(=O)c1ccc(Cl)cc1)C1[C@H]2CC([C@@H](C(=O)NC)c3ccccc3)C[C@@H]12.CC[C@@H](NC(=O)c1ccc(Cl)cc1)C1[C@H]2CC([C@H](C(=O)NC)c3ccccc3)C[C@@H]12.CC[C@H](NC(=O)c1ccc(Cl)cc1)C1[C@H]2CC([C@@H](C(=O)NC)c3ccccc3)C[C@@H]12.CC[C@H](NC(=O)c1ccc(Cl)cc1)C1[C@H]2CC([C@H](C(=O)NC)c3ccccc3)C[C@@H]12. The van der Waals surface area contributed by atoms with Crippen LogP contribution in [0.3, 0.4) is 0 Å². The Kier molecular flexibility index (Phi) is 37.3. The van der Waals surface area contributed by atoms with Gasteiger partial charge in [0.1, 0.15) is 0 Å². The van der Waals surface area contributed by atoms with Gasteiger partial charge < -0.3 is 53.0 Å². The lowest BCUT2D eigenvalue weighted by Gasteiger charge is -2.26. The van der Waals surface area contributed by atoms with Crippen molar-refractivity contribution in [1.82, 2.24) is 47.9 Å². The van der Waals surface area contributed by atoms with Crippen LogP contribution in [-0.2, 0) is 24.0 Å². The first-order chi connectivity index (χ1) is 72.1. The van der Waals surface area contributed by atoms with E-state index in [0.29, 0.717) is 165 Å². The van der Waals surface area contributed by atoms with Gasteiger partial charge in [-0.25, -0.2) is 0 Å². The lowest BCUT2D eigenvalue weighted by atomic mass is 9.80. The summed E-state index contributed by atoms with van der Waals surface area (Å²) in [6.45, 7) is 10.6. The van der Waals surface area contributed by atoms with Crippen LogP contribution in [0.4, 0.5) is 0 Å². The quantitative estimate of drug-likeness (QED) is 0.0178. The molecular weight excluding hydrogens is 1970 g/mol. The van der Waals surface area contributed by atoms with E-state index in [1.165, 1.54) is 0 Å². The molecule has 12 unspecified atom stereocenters. The number of carboxylic acids is 1. The number of likely N-dealkylation sites (N-methyl/N-ethyl adjacent to an activating group) is 4. The van der Waals surface area contributed by atoms with Crippen molar-refractivity contribution < 1.29 is 53.1 Å². The number of rotatable bonds is 35. The van der Waals surface area contributed by atoms with Crippen molar-refractivity contribution in [3.63, 3.8) is 0 Å². The standard InChI is InChI=1S/4C25H29ClN2O2.C24H26ClNO3/c4*1-3-21(28-24(29)16-9-11-18(26)12-10-16)23-19-13-17(14-20(19)23)22(25(30)27-2)15-7-5-4-6-8-15;1-2-20(26-23(27)15-8-10-17(25)11-9-15)22-18-12-16(13-19(18)22)21(24(28)29)14-6-4-3-5-7-14/h4*4-12,17,19-23H,3,13-14H2,1-2H3,(H,27,30)(H,28,29);3-11,16,18-22H,2,12-13H2,1H3,(H,26,27)(H,28,29)/t2*17?,19-,20+,21-,22+,23?;2*17?,19-,20+,21-,22-,23?;16?,18-,19+,20?,21?,22?/m1010./s1. The third kappa shape index (κ3) is 26.2. The molecule has 9 amide bonds. The molecule has 20 nitrogen and oxygen atoms in total. The van der Waals surface area contributed by atoms with Crippen LogP contribution < -0.4 is 47.9 Å². The van der Waals surface area contributed by atoms with Crippen LogP contribution in [0, 0.1) is 118 Å². The van der Waals surface area contributed by atoms with Gasteiger partial charge in [-0.05, 0) is 364 Å². The van der Waals surface area contributed by atoms with E-state index in [-0.39, 0.29) is 113 Å². The van der Waals surface area contributed by atoms with Crippen LogP contribution >= 0.6 is 58.0 Å². The Hall–Kier alpha value is -11.7. The highest BCUT2D eigenvalue weighted by molar-refractivity contribution is 6.32. The van der Waals surface area contributed by atoms with Gasteiger partial charge in [0, 0.05) is 111 Å². The third-order valence-electron chi connectivity index (χ3n) is 34.9. The number of amides is 9. The Balaban J connectivity index is 0.000000133. The zero-order valence-electron chi connectivity index (χ0n) is 86.3. The molecule has 784 valence electrons. The van der Waals surface area contributed by atoms with Gasteiger partial charge in [-0.1, -0.05) is 244 Å². The highest BCUT2D eigenvalue weighted by Gasteiger charge is 2.65. The molecule has 30 atom stereocenters. The average molecular weight is 2110 g/mol. The first-order valence-electron chi connectivity index (χ1n) is 53.8. The highest BCUT2D eigenvalue weighted by atomic mass is 35.5. The Morgan fingerprint density at radius 1 is 0.228 bits per heavy atom. The number of hydrogen-bond acceptors (Lipinski definition) is 10. The second-order valence-corrected chi connectivity index (χ2v) is 45.1. The molecule has 0 bridgehead atoms. The van der Waals surface area contributed by atoms with E-state index in [4.69, 9.17) is 58.0 Å². The Bertz CT molecular complexity index is 5560. The summed E-state index contributed by atoms with van der Waals surface area (Å²) in [5, 5.41) is 40.5. The van der Waals surface area contributed by atoms with Crippen molar-refractivity contribution in [2.45, 2.75) is 191 Å². The molecule has 20 rings (SSSR count). The molecule has 10 saturated carbocycles. The smallest absolute Gasteiger partial charge is 0.311 e. The summed E-state index contributed by atoms with van der Waals surface area (Å²) in [4.78, 5) is 126. The first-order valence-corrected chi connectivity index (χ1v) is 55.7. The van der Waals surface area contributed by atoms with Gasteiger partial charge in [0.05, 0.1) is 29.6 Å². The number of fused-ring (bicyclic) bond motifs is 5. The fraction of sp³-hybridized carbons (Fsp3) is 0.435. The van der Waals surface area contributed by atoms with Gasteiger partial charge in [-0.15, -0.1) is 0 Å². The lowest BCUT2D eigenvalue weighted by Crippen LogP contribution is -2.38. The molecule has 149 heavy (non-hydrogen) atoms. The summed E-state index contributed by atoms with van der Waals surface area (Å²) in [6, 6.07) is 85.9. The van der Waals surface area contributed by atoms with Crippen LogP contribution in [0.25, 0.3) is 0 Å². The molecule has 10 aliphatic rings. The van der Waals surface area contributed by atoms with Gasteiger partial charge in [0.15, 0.2) is 0 Å². The molecule has 0 saturated heterocycles. The number of carbonyl (C=O) groups excluding carboxylic acids is 9. The van der Waals surface area contributed by atoms with E-state index < -0.39 is 11.9 Å². The molecule has 10 aromatic carbocycles. The highest BCUT2D eigenvalue weighted by Crippen LogP contribution is 2.68. The van der Waals surface area contributed by atoms with Crippen molar-refractivity contribution in [2.24, 2.45) is 118 Å². The second kappa shape index (κ2) is 50.5. The fourth-order valence-electron chi connectivity index (χ4n) is 27.7. The van der Waals surface area contributed by atoms with Crippen molar-refractivity contribution >= 4 is 117 Å². The van der Waals surface area contributed by atoms with Crippen molar-refractivity contribution in [1.29, 1.82) is 0 Å². The van der Waals surface area contributed by atoms with Crippen LogP contribution in [0.2, 0.25) is 25.1 Å². The van der Waals surface area contributed by atoms with E-state index in [2.05, 4.69) is 131 Å². The average Bonchev–Trinajstić information content (AvgIpc) is 1.58. The molecule has 10 aromatic rings. The van der Waals surface area contributed by atoms with Gasteiger partial charge in [-0.2, -0.15) is 0 Å². The molecule has 10 N–H and O–H groups in total. The third-order valence-corrected chi connectivity index (χ3v) is 36.2. The Morgan fingerprint density at radius 3 is 0.503 bits per heavy atom. The minimum atomic E-state index is -0.734. The maximum absolute atomic E-state index is 12.7. The van der Waals surface area contributed by atoms with E-state index in [9.17, 15) is 53.1 Å². The number of aliphatic carboxylic acids is 1. The number of nitrogens with one attached hydrogen (secondary N) is 9. The van der Waals surface area contributed by atoms with Crippen molar-refractivity contribution in [2.75, 3.05) is 28.2 Å². The molecule has 0 spiro atoms. The van der Waals surface area contributed by atoms with Crippen LogP contribution in [0.1, 0.15) is 240 Å². The summed E-state index contributed by atoms with van der Waals surface area (Å²) in [5.74, 6) is 8.65. The maximum atomic E-state index is 12.7. The maximum Gasteiger partial charge on any atom is 0.311 e. The fourth-order valence-corrected chi connectivity index (χ4v) is 28.4. The summed E-state index contributed by atoms with van der Waals surface area (Å²) < 4.78 is 0. The van der Waals surface area contributed by atoms with E-state index in [1.54, 1.807) is 150 Å². The second-order valence-electron chi connectivity index (χ2n) is 42.9. The minimum Gasteiger partial charge on any atom is -0.481 e. The molecule has 10 aliphatic carbocycles. The van der Waals surface area contributed by atoms with Crippen molar-refractivity contribution in [3.05, 3.63) is 354 Å². The molecule has 10 fully saturated rings. The summed E-state index contributed by atoms with van der Waals surface area (Å²) >= 11 is 29.6. The van der Waals surface area contributed by atoms with E-state index >= 15 is 0 Å². The van der Waals surface area contributed by atoms with Crippen LogP contribution in [-0.4, -0.2) is 123 Å². The van der Waals surface area contributed by atoms with Gasteiger partial charge in [0.2, 0.25) is 23.6 Å². The number of halogens is 5. The number of carbonyl (C=O) groups is 10. The normalized spacial score (nSPS) is 26.5. The monoisotopic (exact) mass is 2110 g/mol. The van der Waals surface area contributed by atoms with Crippen LogP contribution in [0.15, 0.2) is 273 Å². The first kappa shape index (κ1) is 110. The summed E-state index contributed by atoms with van der Waals surface area (Å²) in [7, 11) is 6.87. The largest absolute Gasteiger partial charge is 0.481 e. The number of hydrogen-bond donors (Lipinski definition) is 10. The van der Waals surface area contributed by atoms with Gasteiger partial charge in [0.25, 0.3) is 29.5 Å². The number of carboxylic acid groups (broad SMARTS) is 1. The topological polar surface area (TPSA) is 299 Å². The molecular formula is C124H142Cl5N9O11. The van der Waals surface area contributed by atoms with E-state index in [0.717, 1.165) is 124 Å². The Labute approximate surface area is 902 Å². The van der Waals surface area contributed by atoms with Gasteiger partial charge in [-0.3, -0.25) is 47.9 Å². The molecule has 0 heterocycles. The lowest BCUT2D eigenvalue weighted by molar-refractivity contribution is -0.140. The zero-order chi connectivity index (χ0) is 106. The van der Waals surface area contributed by atoms with E-state index in [1.807, 2.05) is 103 Å². The molecule has 0 aromatic heterocycles. The minimum absolute atomic E-state index is 0.0347. The van der Waals surface area contributed by atoms with Crippen LogP contribution in [0.5, 0.6) is 0 Å². The number of benzene rings is 10. The summed E-state index contributed by atoms with van der Waals surface area (Å²) in [6.07, 6.45) is 14.8. The van der Waals surface area contributed by atoms with Gasteiger partial charge >= 0.3 is 5.97 Å². The molecule has 25 heteroatoms.